The van der Waals surface area contributed by atoms with Gasteiger partial charge in [-0.15, -0.1) is 0 Å². The van der Waals surface area contributed by atoms with Gasteiger partial charge in [0, 0.05) is 17.4 Å². The van der Waals surface area contributed by atoms with Crippen LogP contribution in [-0.2, 0) is 18.4 Å². The van der Waals surface area contributed by atoms with Gasteiger partial charge in [-0.25, -0.2) is 0 Å². The fourth-order valence-electron chi connectivity index (χ4n) is 3.80. The monoisotopic (exact) mass is 568 g/mol. The van der Waals surface area contributed by atoms with Crippen molar-refractivity contribution >= 4 is 34.5 Å². The molecule has 0 radical (unpaired) electrons. The third-order valence-electron chi connectivity index (χ3n) is 8.20. The Morgan fingerprint density at radius 2 is 1.73 bits per heavy atom. The standard InChI is InChI=1S/C29H49ClO5Si2/c1-28(2,3)36(7,8)34-24(20-32-23-14-11-13-22(30)19-23)16-17-26-25(15-12-18-31)27(21-33-26)35-37(9,10)29(4,5)6/h11,13-14,16-19,24-27H,12,15,20-21H2,1-10H3/t24?,25?,26-,27?/m1/s1. The van der Waals surface area contributed by atoms with Gasteiger partial charge >= 0.3 is 0 Å². The van der Waals surface area contributed by atoms with E-state index in [1.807, 2.05) is 24.3 Å². The van der Waals surface area contributed by atoms with E-state index >= 15 is 0 Å². The van der Waals surface area contributed by atoms with Crippen molar-refractivity contribution < 1.29 is 23.1 Å². The van der Waals surface area contributed by atoms with Gasteiger partial charge in [0.05, 0.1) is 24.9 Å². The quantitative estimate of drug-likeness (QED) is 0.145. The first-order valence-corrected chi connectivity index (χ1v) is 19.6. The van der Waals surface area contributed by atoms with Gasteiger partial charge in [-0.2, -0.15) is 0 Å². The van der Waals surface area contributed by atoms with Crippen LogP contribution in [0.5, 0.6) is 5.75 Å². The molecule has 0 bridgehead atoms. The molecule has 1 fully saturated rings. The highest BCUT2D eigenvalue weighted by Gasteiger charge is 2.45. The minimum absolute atomic E-state index is 0.0158. The van der Waals surface area contributed by atoms with Crippen molar-refractivity contribution in [3.8, 4) is 5.75 Å². The van der Waals surface area contributed by atoms with Crippen LogP contribution in [0.2, 0.25) is 41.3 Å². The minimum Gasteiger partial charge on any atom is -0.491 e. The molecule has 0 amide bonds. The number of halogens is 1. The Balaban J connectivity index is 2.23. The van der Waals surface area contributed by atoms with Crippen LogP contribution in [0.15, 0.2) is 36.4 Å². The molecule has 1 heterocycles. The lowest BCUT2D eigenvalue weighted by atomic mass is 9.93. The van der Waals surface area contributed by atoms with Gasteiger partial charge in [0.1, 0.15) is 18.6 Å². The first-order valence-electron chi connectivity index (χ1n) is 13.4. The average molecular weight is 569 g/mol. The molecule has 1 aromatic rings. The molecule has 1 aliphatic rings. The summed E-state index contributed by atoms with van der Waals surface area (Å²) in [7, 11) is -4.04. The third-order valence-corrected chi connectivity index (χ3v) is 17.4. The predicted molar refractivity (Wildman–Crippen MR) is 159 cm³/mol. The maximum Gasteiger partial charge on any atom is 0.193 e. The Morgan fingerprint density at radius 3 is 2.30 bits per heavy atom. The lowest BCUT2D eigenvalue weighted by molar-refractivity contribution is -0.108. The highest BCUT2D eigenvalue weighted by atomic mass is 35.5. The molecule has 0 saturated carbocycles. The number of rotatable bonds is 12. The van der Waals surface area contributed by atoms with Crippen molar-refractivity contribution in [3.05, 3.63) is 41.4 Å². The molecular formula is C29H49ClO5Si2. The maximum atomic E-state index is 11.2. The second kappa shape index (κ2) is 12.9. The van der Waals surface area contributed by atoms with Gasteiger partial charge in [-0.1, -0.05) is 71.4 Å². The van der Waals surface area contributed by atoms with E-state index in [0.29, 0.717) is 30.4 Å². The zero-order valence-electron chi connectivity index (χ0n) is 24.6. The number of hydrogen-bond donors (Lipinski definition) is 0. The molecule has 210 valence electrons. The highest BCUT2D eigenvalue weighted by molar-refractivity contribution is 6.74. The summed E-state index contributed by atoms with van der Waals surface area (Å²) in [6, 6.07) is 7.42. The van der Waals surface area contributed by atoms with Crippen LogP contribution in [0.1, 0.15) is 54.4 Å². The Hall–Kier alpha value is -0.966. The van der Waals surface area contributed by atoms with Gasteiger partial charge in [0.15, 0.2) is 16.6 Å². The summed E-state index contributed by atoms with van der Waals surface area (Å²) in [5.41, 5.74) is 0. The summed E-state index contributed by atoms with van der Waals surface area (Å²) < 4.78 is 25.8. The van der Waals surface area contributed by atoms with Gasteiger partial charge in [-0.3, -0.25) is 0 Å². The predicted octanol–water partition coefficient (Wildman–Crippen LogP) is 8.05. The molecule has 37 heavy (non-hydrogen) atoms. The summed E-state index contributed by atoms with van der Waals surface area (Å²) in [6.45, 7) is 23.4. The molecule has 1 aromatic carbocycles. The van der Waals surface area contributed by atoms with Gasteiger partial charge in [-0.05, 0) is 60.9 Å². The Labute approximate surface area is 232 Å². The lowest BCUT2D eigenvalue weighted by Gasteiger charge is -2.39. The van der Waals surface area contributed by atoms with Crippen LogP contribution < -0.4 is 4.74 Å². The zero-order chi connectivity index (χ0) is 28.1. The van der Waals surface area contributed by atoms with Gasteiger partial charge in [0.2, 0.25) is 0 Å². The summed E-state index contributed by atoms with van der Waals surface area (Å²) in [4.78, 5) is 11.2. The fraction of sp³-hybridized carbons (Fsp3) is 0.690. The highest BCUT2D eigenvalue weighted by Crippen LogP contribution is 2.41. The van der Waals surface area contributed by atoms with Crippen molar-refractivity contribution in [3.63, 3.8) is 0 Å². The van der Waals surface area contributed by atoms with Crippen molar-refractivity contribution in [1.29, 1.82) is 0 Å². The van der Waals surface area contributed by atoms with Crippen LogP contribution in [0, 0.1) is 5.92 Å². The molecule has 1 saturated heterocycles. The van der Waals surface area contributed by atoms with Gasteiger partial charge in [0.25, 0.3) is 0 Å². The van der Waals surface area contributed by atoms with Crippen LogP contribution in [0.3, 0.4) is 0 Å². The Kier molecular flexibility index (Phi) is 11.3. The summed E-state index contributed by atoms with van der Waals surface area (Å²) >= 11 is 6.15. The Morgan fingerprint density at radius 1 is 1.08 bits per heavy atom. The molecule has 4 atom stereocenters. The van der Waals surface area contributed by atoms with Gasteiger partial charge < -0.3 is 23.1 Å². The molecule has 0 N–H and O–H groups in total. The van der Waals surface area contributed by atoms with E-state index in [0.717, 1.165) is 12.7 Å². The largest absolute Gasteiger partial charge is 0.491 e. The zero-order valence-corrected chi connectivity index (χ0v) is 27.4. The summed E-state index contributed by atoms with van der Waals surface area (Å²) in [6.07, 6.45) is 6.02. The SMILES string of the molecule is CC(C)(C)[Si](C)(C)OC(C=C[C@H]1OCC(O[Si](C)(C)C(C)(C)C)C1CCC=O)COc1cccc(Cl)c1. The molecule has 0 spiro atoms. The fourth-order valence-corrected chi connectivity index (χ4v) is 6.59. The first-order chi connectivity index (χ1) is 17.0. The molecule has 1 aliphatic heterocycles. The number of ether oxygens (including phenoxy) is 2. The summed E-state index contributed by atoms with van der Waals surface area (Å²) in [5.74, 6) is 0.839. The van der Waals surface area contributed by atoms with E-state index in [4.69, 9.17) is 29.9 Å². The normalized spacial score (nSPS) is 22.4. The lowest BCUT2D eigenvalue weighted by Crippen LogP contribution is -2.46. The molecule has 2 rings (SSSR count). The van der Waals surface area contributed by atoms with Crippen LogP contribution in [0.25, 0.3) is 0 Å². The molecular weight excluding hydrogens is 520 g/mol. The van der Waals surface area contributed by atoms with Crippen molar-refractivity contribution in [2.45, 2.75) is 109 Å². The Bertz CT molecular complexity index is 904. The first kappa shape index (κ1) is 32.2. The summed E-state index contributed by atoms with van der Waals surface area (Å²) in [5, 5.41) is 0.809. The number of carbonyl (C=O) groups is 1. The van der Waals surface area contributed by atoms with Crippen molar-refractivity contribution in [1.82, 2.24) is 0 Å². The number of aldehydes is 1. The number of hydrogen-bond acceptors (Lipinski definition) is 5. The average Bonchev–Trinajstić information content (AvgIpc) is 3.13. The molecule has 3 unspecified atom stereocenters. The molecule has 5 nitrogen and oxygen atoms in total. The third kappa shape index (κ3) is 9.32. The van der Waals surface area contributed by atoms with Crippen LogP contribution in [-0.4, -0.2) is 54.4 Å². The second-order valence-electron chi connectivity index (χ2n) is 13.2. The van der Waals surface area contributed by atoms with E-state index < -0.39 is 16.6 Å². The second-order valence-corrected chi connectivity index (χ2v) is 23.1. The number of benzene rings is 1. The van der Waals surface area contributed by atoms with Crippen molar-refractivity contribution in [2.24, 2.45) is 5.92 Å². The van der Waals surface area contributed by atoms with Crippen LogP contribution >= 0.6 is 11.6 Å². The maximum absolute atomic E-state index is 11.2. The van der Waals surface area contributed by atoms with E-state index in [1.165, 1.54) is 0 Å². The number of carbonyl (C=O) groups excluding carboxylic acids is 1. The van der Waals surface area contributed by atoms with E-state index in [2.05, 4.69) is 79.9 Å². The van der Waals surface area contributed by atoms with Crippen molar-refractivity contribution in [2.75, 3.05) is 13.2 Å². The minimum atomic E-state index is -2.06. The smallest absolute Gasteiger partial charge is 0.193 e. The van der Waals surface area contributed by atoms with Crippen LogP contribution in [0.4, 0.5) is 0 Å². The van der Waals surface area contributed by atoms with E-state index in [-0.39, 0.29) is 34.3 Å². The van der Waals surface area contributed by atoms with E-state index in [9.17, 15) is 4.79 Å². The van der Waals surface area contributed by atoms with E-state index in [1.54, 1.807) is 0 Å². The molecule has 0 aliphatic carbocycles. The molecule has 0 aromatic heterocycles. The molecule has 8 heteroatoms. The topological polar surface area (TPSA) is 54.0 Å².